The van der Waals surface area contributed by atoms with E-state index in [1.54, 1.807) is 13.2 Å². The fourth-order valence-electron chi connectivity index (χ4n) is 3.75. The number of hydrogen-bond acceptors (Lipinski definition) is 6. The Kier molecular flexibility index (Phi) is 6.49. The molecule has 2 aromatic heterocycles. The van der Waals surface area contributed by atoms with Gasteiger partial charge in [0.15, 0.2) is 5.52 Å². The van der Waals surface area contributed by atoms with Crippen LogP contribution in [0, 0.1) is 6.92 Å². The van der Waals surface area contributed by atoms with Crippen LogP contribution in [0.2, 0.25) is 0 Å². The zero-order chi connectivity index (χ0) is 24.2. The summed E-state index contributed by atoms with van der Waals surface area (Å²) in [5.74, 6) is 1.19. The Morgan fingerprint density at radius 2 is 1.94 bits per heavy atom. The van der Waals surface area contributed by atoms with Crippen LogP contribution in [-0.2, 0) is 11.8 Å². The molecule has 8 heteroatoms. The van der Waals surface area contributed by atoms with Crippen molar-refractivity contribution in [3.63, 3.8) is 0 Å². The number of hydrogen-bond donors (Lipinski definition) is 3. The summed E-state index contributed by atoms with van der Waals surface area (Å²) in [6.45, 7) is 5.52. The summed E-state index contributed by atoms with van der Waals surface area (Å²) in [4.78, 5) is 25.0. The van der Waals surface area contributed by atoms with Gasteiger partial charge in [-0.3, -0.25) is 4.79 Å². The van der Waals surface area contributed by atoms with E-state index in [1.165, 1.54) is 6.92 Å². The number of benzene rings is 2. The number of nitrogens with one attached hydrogen (secondary N) is 3. The summed E-state index contributed by atoms with van der Waals surface area (Å²) in [5, 5.41) is 11.8. The number of nitrogens with zero attached hydrogens (tertiary/aromatic N) is 4. The predicted octanol–water partition coefficient (Wildman–Crippen LogP) is 2.48. The van der Waals surface area contributed by atoms with Crippen LogP contribution in [0.25, 0.3) is 34.3 Å². The maximum Gasteiger partial charge on any atom is 0.396 e. The van der Waals surface area contributed by atoms with Gasteiger partial charge < -0.3 is 10.6 Å². The van der Waals surface area contributed by atoms with E-state index in [9.17, 15) is 4.79 Å². The average Bonchev–Trinajstić information content (AvgIpc) is 2.83. The Hall–Kier alpha value is -4.33. The summed E-state index contributed by atoms with van der Waals surface area (Å²) in [5.41, 5.74) is 4.92. The molecule has 4 aromatic rings. The molecule has 3 N–H and O–H groups in total. The first kappa shape index (κ1) is 22.8. The molecular formula is C26H28N7O+. The molecule has 0 spiro atoms. The molecule has 0 aliphatic heterocycles. The van der Waals surface area contributed by atoms with E-state index >= 15 is 0 Å². The van der Waals surface area contributed by atoms with E-state index in [2.05, 4.69) is 45.0 Å². The number of amides is 1. The van der Waals surface area contributed by atoms with E-state index < -0.39 is 0 Å². The molecule has 172 valence electrons. The van der Waals surface area contributed by atoms with E-state index in [0.717, 1.165) is 43.8 Å². The molecule has 34 heavy (non-hydrogen) atoms. The van der Waals surface area contributed by atoms with Crippen LogP contribution in [0.5, 0.6) is 0 Å². The van der Waals surface area contributed by atoms with Crippen LogP contribution in [0.15, 0.2) is 48.8 Å². The van der Waals surface area contributed by atoms with Crippen molar-refractivity contribution >= 4 is 46.7 Å². The van der Waals surface area contributed by atoms with Crippen molar-refractivity contribution in [2.45, 2.75) is 20.8 Å². The molecule has 0 radical (unpaired) electrons. The molecule has 1 amide bonds. The van der Waals surface area contributed by atoms with Gasteiger partial charge in [0.2, 0.25) is 11.9 Å². The van der Waals surface area contributed by atoms with Gasteiger partial charge in [-0.05, 0) is 54.8 Å². The molecule has 0 aliphatic carbocycles. The van der Waals surface area contributed by atoms with Gasteiger partial charge in [-0.15, -0.1) is 0 Å². The Labute approximate surface area is 198 Å². The SMILES string of the molecule is C/C=c1/nc(NC)nc/c1=C/Nc1nc2ccc(-c3cc(NC(C)=O)ccc3C)cc2c[n+]1C. The van der Waals surface area contributed by atoms with E-state index in [0.29, 0.717) is 11.9 Å². The second kappa shape index (κ2) is 9.66. The monoisotopic (exact) mass is 454 g/mol. The number of carbonyl (C=O) groups excluding carboxylic acids is 1. The van der Waals surface area contributed by atoms with Crippen molar-refractivity contribution in [3.05, 3.63) is 64.9 Å². The minimum absolute atomic E-state index is 0.0881. The smallest absolute Gasteiger partial charge is 0.357 e. The average molecular weight is 455 g/mol. The zero-order valence-corrected chi connectivity index (χ0v) is 20.0. The maximum atomic E-state index is 11.5. The Bertz CT molecular complexity index is 1510. The molecule has 0 unspecified atom stereocenters. The second-order valence-corrected chi connectivity index (χ2v) is 8.02. The lowest BCUT2D eigenvalue weighted by Gasteiger charge is -2.10. The normalized spacial score (nSPS) is 12.1. The first-order valence-electron chi connectivity index (χ1n) is 11.0. The molecule has 4 rings (SSSR count). The second-order valence-electron chi connectivity index (χ2n) is 8.02. The summed E-state index contributed by atoms with van der Waals surface area (Å²) < 4.78 is 1.95. The number of anilines is 3. The van der Waals surface area contributed by atoms with Crippen molar-refractivity contribution in [1.29, 1.82) is 0 Å². The standard InChI is InChI=1S/C26H27N7O/c1-6-23-20(13-28-25(27-4)31-23)14-29-26-32-24-10-8-18(11-19(24)15-33(26)5)22-12-21(30-17(3)34)9-7-16(22)2/h6-15H,1-5H3,(H2,27,30,31,34)/p+1/b20-14-,23-6+. The van der Waals surface area contributed by atoms with Crippen molar-refractivity contribution in [2.75, 3.05) is 23.0 Å². The van der Waals surface area contributed by atoms with Gasteiger partial charge in [-0.25, -0.2) is 19.9 Å². The molecule has 2 heterocycles. The van der Waals surface area contributed by atoms with Gasteiger partial charge >= 0.3 is 5.95 Å². The number of rotatable bonds is 5. The van der Waals surface area contributed by atoms with E-state index in [-0.39, 0.29) is 5.91 Å². The lowest BCUT2D eigenvalue weighted by molar-refractivity contribution is -0.658. The van der Waals surface area contributed by atoms with Crippen LogP contribution in [0.1, 0.15) is 19.4 Å². The third-order valence-electron chi connectivity index (χ3n) is 5.49. The predicted molar refractivity (Wildman–Crippen MR) is 136 cm³/mol. The van der Waals surface area contributed by atoms with Crippen molar-refractivity contribution in [1.82, 2.24) is 15.0 Å². The molecule has 0 saturated carbocycles. The highest BCUT2D eigenvalue weighted by molar-refractivity contribution is 5.91. The van der Waals surface area contributed by atoms with Gasteiger partial charge in [0.05, 0.1) is 24.8 Å². The zero-order valence-electron chi connectivity index (χ0n) is 20.0. The fourth-order valence-corrected chi connectivity index (χ4v) is 3.75. The maximum absolute atomic E-state index is 11.5. The van der Waals surface area contributed by atoms with Gasteiger partial charge in [-0.1, -0.05) is 23.2 Å². The minimum Gasteiger partial charge on any atom is -0.357 e. The molecule has 0 aliphatic rings. The molecule has 0 atom stereocenters. The molecule has 0 fully saturated rings. The highest BCUT2D eigenvalue weighted by Crippen LogP contribution is 2.29. The largest absolute Gasteiger partial charge is 0.396 e. The summed E-state index contributed by atoms with van der Waals surface area (Å²) >= 11 is 0. The lowest BCUT2D eigenvalue weighted by atomic mass is 9.98. The molecule has 2 aromatic carbocycles. The summed E-state index contributed by atoms with van der Waals surface area (Å²) in [6.07, 6.45) is 7.61. The number of aromatic nitrogens is 4. The van der Waals surface area contributed by atoms with Crippen LogP contribution in [0.3, 0.4) is 0 Å². The van der Waals surface area contributed by atoms with Gasteiger partial charge in [-0.2, -0.15) is 0 Å². The first-order chi connectivity index (χ1) is 16.4. The molecule has 0 bridgehead atoms. The minimum atomic E-state index is -0.0881. The first-order valence-corrected chi connectivity index (χ1v) is 11.0. The van der Waals surface area contributed by atoms with Crippen LogP contribution < -0.4 is 31.1 Å². The number of aryl methyl sites for hydroxylation is 2. The van der Waals surface area contributed by atoms with Gasteiger partial charge in [0, 0.05) is 36.5 Å². The topological polar surface area (TPSA) is 95.7 Å². The Balaban J connectivity index is 1.69. The number of carbonyl (C=O) groups is 1. The van der Waals surface area contributed by atoms with Crippen molar-refractivity contribution < 1.29 is 9.36 Å². The van der Waals surface area contributed by atoms with Crippen molar-refractivity contribution in [2.24, 2.45) is 7.05 Å². The van der Waals surface area contributed by atoms with Crippen LogP contribution in [-0.4, -0.2) is 27.9 Å². The molecule has 8 nitrogen and oxygen atoms in total. The van der Waals surface area contributed by atoms with E-state index in [1.807, 2.05) is 61.3 Å². The third-order valence-corrected chi connectivity index (χ3v) is 5.49. The number of fused-ring (bicyclic) bond motifs is 1. The quantitative estimate of drug-likeness (QED) is 0.401. The molecular weight excluding hydrogens is 426 g/mol. The third kappa shape index (κ3) is 4.85. The van der Waals surface area contributed by atoms with Crippen LogP contribution >= 0.6 is 0 Å². The van der Waals surface area contributed by atoms with Gasteiger partial charge in [0.25, 0.3) is 0 Å². The highest BCUT2D eigenvalue weighted by atomic mass is 16.1. The summed E-state index contributed by atoms with van der Waals surface area (Å²) in [7, 11) is 3.74. The molecule has 0 saturated heterocycles. The van der Waals surface area contributed by atoms with E-state index in [4.69, 9.17) is 4.98 Å². The summed E-state index contributed by atoms with van der Waals surface area (Å²) in [6, 6.07) is 12.1. The fraction of sp³-hybridized carbons (Fsp3) is 0.192. The highest BCUT2D eigenvalue weighted by Gasteiger charge is 2.12. The van der Waals surface area contributed by atoms with Crippen LogP contribution in [0.4, 0.5) is 17.6 Å². The Morgan fingerprint density at radius 1 is 1.12 bits per heavy atom. The van der Waals surface area contributed by atoms with Gasteiger partial charge in [0.1, 0.15) is 0 Å². The van der Waals surface area contributed by atoms with Crippen molar-refractivity contribution in [3.8, 4) is 11.1 Å². The lowest BCUT2D eigenvalue weighted by Crippen LogP contribution is -2.35. The Morgan fingerprint density at radius 3 is 2.68 bits per heavy atom.